The van der Waals surface area contributed by atoms with Crippen LogP contribution in [0.5, 0.6) is 11.5 Å². The molecule has 0 aliphatic rings. The highest BCUT2D eigenvalue weighted by molar-refractivity contribution is 5.98. The number of H-pyrrole nitrogens is 2. The molecule has 0 unspecified atom stereocenters. The number of fused-ring (bicyclic) bond motifs is 2. The van der Waals surface area contributed by atoms with Gasteiger partial charge in [-0.3, -0.25) is 5.41 Å². The maximum Gasteiger partial charge on any atom is 0.138 e. The second-order valence-electron chi connectivity index (χ2n) is 7.15. The van der Waals surface area contributed by atoms with E-state index < -0.39 is 0 Å². The quantitative estimate of drug-likeness (QED) is 0.183. The minimum atomic E-state index is 0. The summed E-state index contributed by atoms with van der Waals surface area (Å²) in [6, 6.07) is 17.1. The number of nitrogen functional groups attached to an aromatic ring is 1. The van der Waals surface area contributed by atoms with Crippen molar-refractivity contribution < 1.29 is 9.47 Å². The number of nitrogens with two attached hydrogens (primary N) is 1. The van der Waals surface area contributed by atoms with Gasteiger partial charge in [-0.15, -0.1) is 37.2 Å². The van der Waals surface area contributed by atoms with Crippen molar-refractivity contribution in [3.05, 3.63) is 60.2 Å². The van der Waals surface area contributed by atoms with Gasteiger partial charge in [0.05, 0.1) is 36.3 Å². The summed E-state index contributed by atoms with van der Waals surface area (Å²) >= 11 is 0. The van der Waals surface area contributed by atoms with Crippen molar-refractivity contribution in [1.29, 1.82) is 5.41 Å². The van der Waals surface area contributed by atoms with Crippen molar-refractivity contribution in [2.45, 2.75) is 0 Å². The summed E-state index contributed by atoms with van der Waals surface area (Å²) in [6.07, 6.45) is 0. The Hall–Kier alpha value is -3.46. The summed E-state index contributed by atoms with van der Waals surface area (Å²) in [6.45, 7) is 0. The maximum atomic E-state index is 7.61. The van der Waals surface area contributed by atoms with Crippen molar-refractivity contribution >= 4 is 65.1 Å². The lowest BCUT2D eigenvalue weighted by Gasteiger charge is -2.06. The molecule has 5 aromatic rings. The van der Waals surface area contributed by atoms with Crippen LogP contribution in [0.3, 0.4) is 0 Å². The van der Waals surface area contributed by atoms with Crippen molar-refractivity contribution in [1.82, 2.24) is 19.9 Å². The molecule has 5 rings (SSSR count). The summed E-state index contributed by atoms with van der Waals surface area (Å²) in [4.78, 5) is 16.1. The van der Waals surface area contributed by atoms with Gasteiger partial charge in [0.25, 0.3) is 0 Å². The van der Waals surface area contributed by atoms with E-state index in [-0.39, 0.29) is 43.1 Å². The van der Waals surface area contributed by atoms with Crippen LogP contribution in [-0.2, 0) is 0 Å². The average molecular weight is 522 g/mol. The molecule has 0 bridgehead atoms. The topological polar surface area (TPSA) is 126 Å². The number of nitrogens with one attached hydrogen (secondary N) is 3. The Bertz CT molecular complexity index is 1440. The van der Waals surface area contributed by atoms with Crippen molar-refractivity contribution in [3.63, 3.8) is 0 Å². The standard InChI is InChI=1S/C23H20N6O2.3ClH/c1-30-15-7-14(8-16(11-15)31-2)23-27-18-6-4-13(10-20(18)29-23)22-26-17-5-3-12(21(24)25)9-19(17)28-22;;;/h3-11H,1-2H3,(H3,24,25)(H,26,28)(H,27,29);3*1H. The molecule has 8 nitrogen and oxygen atoms in total. The van der Waals surface area contributed by atoms with Crippen LogP contribution in [0, 0.1) is 5.41 Å². The van der Waals surface area contributed by atoms with Crippen molar-refractivity contribution in [2.24, 2.45) is 5.73 Å². The smallest absolute Gasteiger partial charge is 0.138 e. The Kier molecular flexibility index (Phi) is 8.39. The number of amidine groups is 1. The Morgan fingerprint density at radius 2 is 1.26 bits per heavy atom. The summed E-state index contributed by atoms with van der Waals surface area (Å²) in [5.41, 5.74) is 11.4. The molecule has 5 N–H and O–H groups in total. The van der Waals surface area contributed by atoms with E-state index in [4.69, 9.17) is 25.6 Å². The van der Waals surface area contributed by atoms with Crippen LogP contribution in [0.25, 0.3) is 44.8 Å². The number of imidazole rings is 2. The van der Waals surface area contributed by atoms with E-state index in [1.165, 1.54) is 0 Å². The number of hydrogen-bond donors (Lipinski definition) is 4. The number of ether oxygens (including phenoxy) is 2. The average Bonchev–Trinajstić information content (AvgIpc) is 3.41. The summed E-state index contributed by atoms with van der Waals surface area (Å²) in [5, 5.41) is 7.61. The second-order valence-corrected chi connectivity index (χ2v) is 7.15. The highest BCUT2D eigenvalue weighted by Gasteiger charge is 2.12. The van der Waals surface area contributed by atoms with Crippen LogP contribution in [-0.4, -0.2) is 40.0 Å². The molecule has 0 fully saturated rings. The molecule has 0 radical (unpaired) electrons. The van der Waals surface area contributed by atoms with Gasteiger partial charge in [0, 0.05) is 22.8 Å². The van der Waals surface area contributed by atoms with Gasteiger partial charge in [-0.25, -0.2) is 9.97 Å². The van der Waals surface area contributed by atoms with Gasteiger partial charge >= 0.3 is 0 Å². The fraction of sp³-hybridized carbons (Fsp3) is 0.0870. The van der Waals surface area contributed by atoms with E-state index in [1.807, 2.05) is 48.5 Å². The van der Waals surface area contributed by atoms with Crippen molar-refractivity contribution in [3.8, 4) is 34.3 Å². The Balaban J connectivity index is 0.00000136. The molecule has 2 aromatic heterocycles. The number of halogens is 3. The van der Waals surface area contributed by atoms with E-state index in [2.05, 4.69) is 15.0 Å². The highest BCUT2D eigenvalue weighted by atomic mass is 35.5. The number of benzene rings is 3. The lowest BCUT2D eigenvalue weighted by atomic mass is 10.2. The molecule has 11 heteroatoms. The first-order valence-electron chi connectivity index (χ1n) is 9.62. The fourth-order valence-electron chi connectivity index (χ4n) is 3.55. The predicted molar refractivity (Wildman–Crippen MR) is 142 cm³/mol. The summed E-state index contributed by atoms with van der Waals surface area (Å²) in [7, 11) is 3.24. The third-order valence-electron chi connectivity index (χ3n) is 5.17. The van der Waals surface area contributed by atoms with Gasteiger partial charge in [0.1, 0.15) is 29.0 Å². The second kappa shape index (κ2) is 10.6. The molecule has 0 saturated carbocycles. The monoisotopic (exact) mass is 520 g/mol. The maximum absolute atomic E-state index is 7.61. The van der Waals surface area contributed by atoms with E-state index in [1.54, 1.807) is 20.3 Å². The van der Waals surface area contributed by atoms with Crippen LogP contribution >= 0.6 is 37.2 Å². The van der Waals surface area contributed by atoms with Crippen LogP contribution in [0.1, 0.15) is 5.56 Å². The molecule has 0 aliphatic carbocycles. The molecule has 2 heterocycles. The normalized spacial score (nSPS) is 10.2. The molecular weight excluding hydrogens is 499 g/mol. The van der Waals surface area contributed by atoms with E-state index in [9.17, 15) is 0 Å². The minimum absolute atomic E-state index is 0. The Labute approximate surface area is 214 Å². The number of aromatic amines is 2. The molecular formula is C23H23Cl3N6O2. The zero-order valence-corrected chi connectivity index (χ0v) is 20.7. The predicted octanol–water partition coefficient (Wildman–Crippen LogP) is 5.34. The van der Waals surface area contributed by atoms with E-state index in [0.29, 0.717) is 17.1 Å². The first kappa shape index (κ1) is 26.8. The summed E-state index contributed by atoms with van der Waals surface area (Å²) < 4.78 is 10.7. The van der Waals surface area contributed by atoms with Gasteiger partial charge < -0.3 is 25.2 Å². The molecule has 3 aromatic carbocycles. The minimum Gasteiger partial charge on any atom is -0.497 e. The van der Waals surface area contributed by atoms with E-state index in [0.717, 1.165) is 44.8 Å². The van der Waals surface area contributed by atoms with Crippen LogP contribution in [0.4, 0.5) is 0 Å². The molecule has 178 valence electrons. The number of methoxy groups -OCH3 is 2. The molecule has 0 atom stereocenters. The number of hydrogen-bond acceptors (Lipinski definition) is 5. The molecule has 0 spiro atoms. The molecule has 0 amide bonds. The summed E-state index contributed by atoms with van der Waals surface area (Å²) in [5.74, 6) is 2.88. The first-order valence-corrected chi connectivity index (χ1v) is 9.62. The Morgan fingerprint density at radius 1 is 0.735 bits per heavy atom. The third-order valence-corrected chi connectivity index (χ3v) is 5.17. The molecule has 0 aliphatic heterocycles. The van der Waals surface area contributed by atoms with Gasteiger partial charge in [0.15, 0.2) is 0 Å². The van der Waals surface area contributed by atoms with Gasteiger partial charge in [-0.2, -0.15) is 0 Å². The highest BCUT2D eigenvalue weighted by Crippen LogP contribution is 2.31. The van der Waals surface area contributed by atoms with Crippen molar-refractivity contribution in [2.75, 3.05) is 14.2 Å². The number of rotatable bonds is 5. The van der Waals surface area contributed by atoms with Crippen LogP contribution in [0.15, 0.2) is 54.6 Å². The number of aromatic nitrogens is 4. The third kappa shape index (κ3) is 4.89. The fourth-order valence-corrected chi connectivity index (χ4v) is 3.55. The van der Waals surface area contributed by atoms with Gasteiger partial charge in [-0.05, 0) is 48.5 Å². The first-order chi connectivity index (χ1) is 15.0. The van der Waals surface area contributed by atoms with E-state index >= 15 is 0 Å². The zero-order valence-electron chi connectivity index (χ0n) is 18.2. The van der Waals surface area contributed by atoms with Gasteiger partial charge in [-0.1, -0.05) is 0 Å². The number of nitrogens with zero attached hydrogens (tertiary/aromatic N) is 2. The van der Waals surface area contributed by atoms with Gasteiger partial charge in [0.2, 0.25) is 0 Å². The van der Waals surface area contributed by atoms with Crippen LogP contribution in [0.2, 0.25) is 0 Å². The molecule has 0 saturated heterocycles. The zero-order chi connectivity index (χ0) is 21.5. The Morgan fingerprint density at radius 3 is 1.82 bits per heavy atom. The largest absolute Gasteiger partial charge is 0.497 e. The SMILES string of the molecule is COc1cc(OC)cc(-c2nc3ccc(-c4nc5ccc(C(=N)N)cc5[nH]4)cc3[nH]2)c1.Cl.Cl.Cl. The molecule has 34 heavy (non-hydrogen) atoms. The van der Waals surface area contributed by atoms with Crippen LogP contribution < -0.4 is 15.2 Å². The lowest BCUT2D eigenvalue weighted by molar-refractivity contribution is 0.394. The lowest BCUT2D eigenvalue weighted by Crippen LogP contribution is -2.10.